The average Bonchev–Trinajstić information content (AvgIpc) is 2.74. The number of amides is 1. The summed E-state index contributed by atoms with van der Waals surface area (Å²) in [5, 5.41) is 10.6. The van der Waals surface area contributed by atoms with Gasteiger partial charge in [-0.2, -0.15) is 0 Å². The fraction of sp³-hybridized carbons (Fsp3) is 0.400. The fourth-order valence-corrected chi connectivity index (χ4v) is 2.23. The maximum absolute atomic E-state index is 13.1. The van der Waals surface area contributed by atoms with E-state index in [0.717, 1.165) is 5.56 Å². The van der Waals surface area contributed by atoms with Gasteiger partial charge in [0.05, 0.1) is 0 Å². The van der Waals surface area contributed by atoms with Gasteiger partial charge in [-0.25, -0.2) is 13.8 Å². The number of benzene rings is 1. The zero-order valence-corrected chi connectivity index (χ0v) is 11.9. The first-order valence-electron chi connectivity index (χ1n) is 6.65. The molecule has 0 saturated carbocycles. The Morgan fingerprint density at radius 1 is 1.38 bits per heavy atom. The third kappa shape index (κ3) is 2.76. The summed E-state index contributed by atoms with van der Waals surface area (Å²) < 4.78 is 26.1. The molecule has 1 aromatic carbocycles. The Morgan fingerprint density at radius 3 is 2.43 bits per heavy atom. The molecule has 1 aliphatic rings. The molecule has 1 unspecified atom stereocenters. The predicted molar refractivity (Wildman–Crippen MR) is 74.5 cm³/mol. The van der Waals surface area contributed by atoms with E-state index in [2.05, 4.69) is 12.0 Å². The summed E-state index contributed by atoms with van der Waals surface area (Å²) in [5.74, 6) is -0.413. The van der Waals surface area contributed by atoms with E-state index in [1.54, 1.807) is 24.3 Å². The minimum Gasteiger partial charge on any atom is -0.364 e. The Labute approximate surface area is 122 Å². The first kappa shape index (κ1) is 15.4. The normalized spacial score (nSPS) is 22.0. The molecule has 2 N–H and O–H groups in total. The summed E-state index contributed by atoms with van der Waals surface area (Å²) in [6.07, 6.45) is -3.50. The van der Waals surface area contributed by atoms with Crippen LogP contribution in [0.25, 0.3) is 0 Å². The number of hydrazine groups is 1. The largest absolute Gasteiger partial charge is 0.364 e. The number of halogens is 2. The molecule has 0 bridgehead atoms. The second-order valence-electron chi connectivity index (χ2n) is 5.49. The van der Waals surface area contributed by atoms with Crippen LogP contribution in [-0.2, 0) is 0 Å². The lowest BCUT2D eigenvalue weighted by Crippen LogP contribution is -2.55. The summed E-state index contributed by atoms with van der Waals surface area (Å²) in [6.45, 7) is 7.52. The van der Waals surface area contributed by atoms with Gasteiger partial charge >= 0.3 is 0 Å². The number of hydrogen-bond acceptors (Lipinski definition) is 3. The third-order valence-corrected chi connectivity index (χ3v) is 3.51. The van der Waals surface area contributed by atoms with Crippen molar-refractivity contribution in [1.82, 2.24) is 10.4 Å². The van der Waals surface area contributed by atoms with E-state index >= 15 is 0 Å². The number of rotatable bonds is 3. The Kier molecular flexibility index (Phi) is 4.00. The highest BCUT2D eigenvalue weighted by Gasteiger charge is 2.51. The highest BCUT2D eigenvalue weighted by atomic mass is 19.3. The molecule has 0 aromatic heterocycles. The summed E-state index contributed by atoms with van der Waals surface area (Å²) in [4.78, 5) is 12.3. The van der Waals surface area contributed by atoms with Crippen LogP contribution in [0.3, 0.4) is 0 Å². The van der Waals surface area contributed by atoms with Gasteiger partial charge in [-0.1, -0.05) is 32.6 Å². The Balaban J connectivity index is 2.28. The van der Waals surface area contributed by atoms with Gasteiger partial charge in [-0.15, -0.1) is 0 Å². The van der Waals surface area contributed by atoms with Crippen LogP contribution in [-0.4, -0.2) is 28.2 Å². The average molecular weight is 296 g/mol. The number of alkyl halides is 2. The molecule has 0 aliphatic carbocycles. The van der Waals surface area contributed by atoms with Gasteiger partial charge in [-0.3, -0.25) is 10.2 Å². The van der Waals surface area contributed by atoms with Gasteiger partial charge in [-0.05, 0) is 23.6 Å². The lowest BCUT2D eigenvalue weighted by atomic mass is 10.0. The standard InChI is InChI=1S/C15H18F2N2O2/c1-9(2)11-4-6-12(7-5-11)13(20)19-15(21,14(16)17)8-10(3)18-19/h4-7,9,14,18,21H,3,8H2,1-2H3. The predicted octanol–water partition coefficient (Wildman–Crippen LogP) is 2.63. The van der Waals surface area contributed by atoms with Crippen molar-refractivity contribution in [3.63, 3.8) is 0 Å². The molecule has 2 rings (SSSR count). The van der Waals surface area contributed by atoms with Crippen LogP contribution in [0.2, 0.25) is 0 Å². The zero-order valence-electron chi connectivity index (χ0n) is 11.9. The maximum Gasteiger partial charge on any atom is 0.287 e. The quantitative estimate of drug-likeness (QED) is 0.901. The molecular weight excluding hydrogens is 278 g/mol. The fourth-order valence-electron chi connectivity index (χ4n) is 2.23. The van der Waals surface area contributed by atoms with E-state index in [9.17, 15) is 18.7 Å². The van der Waals surface area contributed by atoms with Crippen molar-refractivity contribution < 1.29 is 18.7 Å². The molecule has 1 amide bonds. The Bertz CT molecular complexity index is 557. The van der Waals surface area contributed by atoms with Crippen LogP contribution in [0.15, 0.2) is 36.5 Å². The van der Waals surface area contributed by atoms with E-state index in [1.165, 1.54) is 0 Å². The van der Waals surface area contributed by atoms with Crippen LogP contribution in [0, 0.1) is 0 Å². The van der Waals surface area contributed by atoms with Crippen molar-refractivity contribution in [2.45, 2.75) is 38.3 Å². The number of aliphatic hydroxyl groups is 1. The van der Waals surface area contributed by atoms with Crippen molar-refractivity contribution in [2.24, 2.45) is 0 Å². The molecule has 0 radical (unpaired) electrons. The topological polar surface area (TPSA) is 52.6 Å². The van der Waals surface area contributed by atoms with Gasteiger partial charge in [0.2, 0.25) is 5.72 Å². The van der Waals surface area contributed by atoms with Crippen molar-refractivity contribution in [3.05, 3.63) is 47.7 Å². The van der Waals surface area contributed by atoms with Crippen molar-refractivity contribution in [3.8, 4) is 0 Å². The van der Waals surface area contributed by atoms with Crippen molar-refractivity contribution in [1.29, 1.82) is 0 Å². The number of nitrogens with one attached hydrogen (secondary N) is 1. The van der Waals surface area contributed by atoms with Gasteiger partial charge in [0.1, 0.15) is 0 Å². The molecule has 0 spiro atoms. The molecule has 6 heteroatoms. The monoisotopic (exact) mass is 296 g/mol. The van der Waals surface area contributed by atoms with Crippen LogP contribution < -0.4 is 5.43 Å². The maximum atomic E-state index is 13.1. The number of hydrogen-bond donors (Lipinski definition) is 2. The van der Waals surface area contributed by atoms with Gasteiger partial charge < -0.3 is 5.11 Å². The summed E-state index contributed by atoms with van der Waals surface area (Å²) in [6, 6.07) is 6.66. The van der Waals surface area contributed by atoms with Crippen LogP contribution >= 0.6 is 0 Å². The van der Waals surface area contributed by atoms with Gasteiger partial charge in [0.25, 0.3) is 12.3 Å². The number of nitrogens with zero attached hydrogens (tertiary/aromatic N) is 1. The molecule has 1 fully saturated rings. The Morgan fingerprint density at radius 2 is 1.95 bits per heavy atom. The van der Waals surface area contributed by atoms with Crippen LogP contribution in [0.1, 0.15) is 42.1 Å². The molecule has 1 aromatic rings. The molecule has 1 heterocycles. The number of carbonyl (C=O) groups excluding carboxylic acids is 1. The molecular formula is C15H18F2N2O2. The molecule has 1 atom stereocenters. The Hall–Kier alpha value is -1.95. The summed E-state index contributed by atoms with van der Waals surface area (Å²) in [5.41, 5.74) is 1.29. The van der Waals surface area contributed by atoms with E-state index in [-0.39, 0.29) is 11.3 Å². The van der Waals surface area contributed by atoms with Gasteiger partial charge in [0, 0.05) is 17.7 Å². The van der Waals surface area contributed by atoms with E-state index in [1.807, 2.05) is 13.8 Å². The van der Waals surface area contributed by atoms with E-state index in [0.29, 0.717) is 10.9 Å². The minimum absolute atomic E-state index is 0.171. The summed E-state index contributed by atoms with van der Waals surface area (Å²) >= 11 is 0. The lowest BCUT2D eigenvalue weighted by molar-refractivity contribution is -0.168. The van der Waals surface area contributed by atoms with Crippen LogP contribution in [0.4, 0.5) is 8.78 Å². The number of carbonyl (C=O) groups is 1. The van der Waals surface area contributed by atoms with Crippen molar-refractivity contribution in [2.75, 3.05) is 0 Å². The highest BCUT2D eigenvalue weighted by Crippen LogP contribution is 2.33. The second kappa shape index (κ2) is 5.44. The molecule has 21 heavy (non-hydrogen) atoms. The molecule has 4 nitrogen and oxygen atoms in total. The summed E-state index contributed by atoms with van der Waals surface area (Å²) in [7, 11) is 0. The SMILES string of the molecule is C=C1CC(O)(C(F)F)N(C(=O)c2ccc(C(C)C)cc2)N1. The molecule has 1 saturated heterocycles. The van der Waals surface area contributed by atoms with E-state index < -0.39 is 24.5 Å². The van der Waals surface area contributed by atoms with Gasteiger partial charge in [0.15, 0.2) is 0 Å². The van der Waals surface area contributed by atoms with Crippen LogP contribution in [0.5, 0.6) is 0 Å². The molecule has 114 valence electrons. The van der Waals surface area contributed by atoms with Crippen molar-refractivity contribution >= 4 is 5.91 Å². The molecule has 1 aliphatic heterocycles. The third-order valence-electron chi connectivity index (χ3n) is 3.51. The highest BCUT2D eigenvalue weighted by molar-refractivity contribution is 5.94. The minimum atomic E-state index is -3.09. The lowest BCUT2D eigenvalue weighted by Gasteiger charge is -2.31. The first-order chi connectivity index (χ1) is 9.75. The first-order valence-corrected chi connectivity index (χ1v) is 6.65. The smallest absolute Gasteiger partial charge is 0.287 e. The van der Waals surface area contributed by atoms with E-state index in [4.69, 9.17) is 0 Å². The second-order valence-corrected chi connectivity index (χ2v) is 5.49. The zero-order chi connectivity index (χ0) is 15.8.